The van der Waals surface area contributed by atoms with Crippen LogP contribution in [0.25, 0.3) is 16.8 Å². The molecule has 0 bridgehead atoms. The van der Waals surface area contributed by atoms with Gasteiger partial charge < -0.3 is 26.0 Å². The van der Waals surface area contributed by atoms with Gasteiger partial charge in [0.25, 0.3) is 0 Å². The Balaban J connectivity index is 0.00000134. The van der Waals surface area contributed by atoms with E-state index >= 15 is 0 Å². The largest absolute Gasteiger partial charge is 0.402 e. The lowest BCUT2D eigenvalue weighted by molar-refractivity contribution is -0.120. The SMILES string of the molecule is CC.CCN1CCN(c2cc(-c3ccccc3)nc(/C(=C(/C)N)c3cccc(CCC(=O)NC)c3)n2)CC1.CO. The van der Waals surface area contributed by atoms with Crippen molar-refractivity contribution >= 4 is 17.3 Å². The summed E-state index contributed by atoms with van der Waals surface area (Å²) in [5.41, 5.74) is 11.9. The van der Waals surface area contributed by atoms with Gasteiger partial charge >= 0.3 is 0 Å². The second-order valence-electron chi connectivity index (χ2n) is 9.15. The van der Waals surface area contributed by atoms with Crippen molar-refractivity contribution in [3.8, 4) is 11.3 Å². The molecule has 0 unspecified atom stereocenters. The highest BCUT2D eigenvalue weighted by Crippen LogP contribution is 2.29. The number of aromatic nitrogens is 2. The van der Waals surface area contributed by atoms with E-state index in [0.717, 1.165) is 73.6 Å². The van der Waals surface area contributed by atoms with Crippen LogP contribution in [0.15, 0.2) is 66.4 Å². The Hall–Kier alpha value is -3.75. The highest BCUT2D eigenvalue weighted by Gasteiger charge is 2.21. The Morgan fingerprint density at radius 3 is 2.25 bits per heavy atom. The van der Waals surface area contributed by atoms with Gasteiger partial charge in [-0.25, -0.2) is 9.97 Å². The van der Waals surface area contributed by atoms with E-state index in [0.29, 0.717) is 24.4 Å². The molecule has 0 radical (unpaired) electrons. The molecule has 1 aliphatic heterocycles. The van der Waals surface area contributed by atoms with Crippen LogP contribution < -0.4 is 16.0 Å². The Bertz CT molecular complexity index is 1220. The van der Waals surface area contributed by atoms with Gasteiger partial charge in [-0.1, -0.05) is 75.4 Å². The van der Waals surface area contributed by atoms with Gasteiger partial charge in [0, 0.05) is 69.7 Å². The van der Waals surface area contributed by atoms with Crippen molar-refractivity contribution in [1.82, 2.24) is 20.2 Å². The summed E-state index contributed by atoms with van der Waals surface area (Å²) < 4.78 is 0. The van der Waals surface area contributed by atoms with Gasteiger partial charge in [-0.15, -0.1) is 0 Å². The fourth-order valence-corrected chi connectivity index (χ4v) is 4.56. The van der Waals surface area contributed by atoms with Gasteiger partial charge in [0.1, 0.15) is 5.82 Å². The quantitative estimate of drug-likeness (QED) is 0.386. The fraction of sp³-hybridized carbons (Fsp3) is 0.406. The molecule has 1 saturated heterocycles. The lowest BCUT2D eigenvalue weighted by Gasteiger charge is -2.35. The van der Waals surface area contributed by atoms with Crippen LogP contribution in [0.4, 0.5) is 5.82 Å². The van der Waals surface area contributed by atoms with E-state index in [-0.39, 0.29) is 5.91 Å². The molecular formula is C32H46N6O2. The van der Waals surface area contributed by atoms with Crippen molar-refractivity contribution in [2.24, 2.45) is 5.73 Å². The molecule has 0 spiro atoms. The molecule has 2 aromatic carbocycles. The number of aliphatic hydroxyl groups excluding tert-OH is 1. The smallest absolute Gasteiger partial charge is 0.220 e. The van der Waals surface area contributed by atoms with Crippen LogP contribution in [-0.2, 0) is 11.2 Å². The Labute approximate surface area is 240 Å². The normalized spacial score (nSPS) is 13.7. The summed E-state index contributed by atoms with van der Waals surface area (Å²) in [6.07, 6.45) is 1.09. The lowest BCUT2D eigenvalue weighted by Crippen LogP contribution is -2.46. The fourth-order valence-electron chi connectivity index (χ4n) is 4.56. The van der Waals surface area contributed by atoms with Gasteiger partial charge in [-0.3, -0.25) is 4.79 Å². The molecule has 8 heteroatoms. The minimum atomic E-state index is 0.0258. The van der Waals surface area contributed by atoms with E-state index in [9.17, 15) is 4.79 Å². The van der Waals surface area contributed by atoms with Crippen LogP contribution in [0.1, 0.15) is 51.1 Å². The molecule has 0 atom stereocenters. The van der Waals surface area contributed by atoms with E-state index < -0.39 is 0 Å². The number of carbonyl (C=O) groups excluding carboxylic acids is 1. The number of likely N-dealkylation sites (N-methyl/N-ethyl adjacent to an activating group) is 1. The second-order valence-corrected chi connectivity index (χ2v) is 9.15. The molecule has 4 N–H and O–H groups in total. The summed E-state index contributed by atoms with van der Waals surface area (Å²) in [4.78, 5) is 26.6. The highest BCUT2D eigenvalue weighted by molar-refractivity contribution is 5.80. The molecule has 0 saturated carbocycles. The first-order valence-corrected chi connectivity index (χ1v) is 14.1. The maximum absolute atomic E-state index is 11.8. The highest BCUT2D eigenvalue weighted by atomic mass is 16.2. The molecule has 0 aliphatic carbocycles. The number of nitrogens with one attached hydrogen (secondary N) is 1. The molecule has 2 heterocycles. The number of carbonyl (C=O) groups is 1. The van der Waals surface area contributed by atoms with Crippen molar-refractivity contribution in [2.45, 2.75) is 40.5 Å². The lowest BCUT2D eigenvalue weighted by atomic mass is 9.98. The molecule has 4 rings (SSSR count). The van der Waals surface area contributed by atoms with E-state index in [1.165, 1.54) is 0 Å². The average Bonchev–Trinajstić information content (AvgIpc) is 3.02. The molecule has 1 amide bonds. The Morgan fingerprint density at radius 1 is 0.975 bits per heavy atom. The third-order valence-corrected chi connectivity index (χ3v) is 6.68. The Morgan fingerprint density at radius 2 is 1.65 bits per heavy atom. The van der Waals surface area contributed by atoms with Crippen molar-refractivity contribution < 1.29 is 9.90 Å². The van der Waals surface area contributed by atoms with E-state index in [1.54, 1.807) is 7.05 Å². The van der Waals surface area contributed by atoms with Crippen LogP contribution in [-0.4, -0.2) is 72.8 Å². The van der Waals surface area contributed by atoms with Gasteiger partial charge in [-0.2, -0.15) is 0 Å². The van der Waals surface area contributed by atoms with Crippen LogP contribution in [0.3, 0.4) is 0 Å². The number of nitrogens with zero attached hydrogens (tertiary/aromatic N) is 4. The molecule has 216 valence electrons. The summed E-state index contributed by atoms with van der Waals surface area (Å²) in [5.74, 6) is 1.56. The van der Waals surface area contributed by atoms with Crippen molar-refractivity contribution in [3.05, 3.63) is 83.3 Å². The van der Waals surface area contributed by atoms with Gasteiger partial charge in [0.15, 0.2) is 5.82 Å². The van der Waals surface area contributed by atoms with Crippen LogP contribution in [0.2, 0.25) is 0 Å². The predicted molar refractivity (Wildman–Crippen MR) is 166 cm³/mol. The van der Waals surface area contributed by atoms with Gasteiger partial charge in [0.05, 0.1) is 5.69 Å². The van der Waals surface area contributed by atoms with E-state index in [2.05, 4.69) is 46.3 Å². The number of allylic oxidation sites excluding steroid dienone is 1. The maximum atomic E-state index is 11.8. The molecule has 1 aliphatic rings. The number of hydrogen-bond donors (Lipinski definition) is 3. The first-order valence-electron chi connectivity index (χ1n) is 14.1. The zero-order chi connectivity index (χ0) is 29.5. The van der Waals surface area contributed by atoms with Crippen molar-refractivity contribution in [2.75, 3.05) is 51.8 Å². The number of hydrogen-bond acceptors (Lipinski definition) is 7. The topological polar surface area (TPSA) is 108 Å². The first kappa shape index (κ1) is 32.5. The molecule has 1 fully saturated rings. The maximum Gasteiger partial charge on any atom is 0.220 e. The van der Waals surface area contributed by atoms with Crippen molar-refractivity contribution in [3.63, 3.8) is 0 Å². The first-order chi connectivity index (χ1) is 19.5. The second kappa shape index (κ2) is 17.0. The molecular weight excluding hydrogens is 500 g/mol. The molecule has 40 heavy (non-hydrogen) atoms. The minimum Gasteiger partial charge on any atom is -0.402 e. The number of aryl methyl sites for hydroxylation is 1. The number of piperazine rings is 1. The van der Waals surface area contributed by atoms with Gasteiger partial charge in [0.2, 0.25) is 5.91 Å². The number of nitrogens with two attached hydrogens (primary N) is 1. The number of benzene rings is 2. The van der Waals surface area contributed by atoms with Crippen molar-refractivity contribution in [1.29, 1.82) is 0 Å². The summed E-state index contributed by atoms with van der Waals surface area (Å²) >= 11 is 0. The number of rotatable bonds is 8. The Kier molecular flexibility index (Phi) is 13.8. The average molecular weight is 547 g/mol. The number of anilines is 1. The predicted octanol–water partition coefficient (Wildman–Crippen LogP) is 4.34. The number of aliphatic hydroxyl groups is 1. The van der Waals surface area contributed by atoms with Crippen LogP contribution >= 0.6 is 0 Å². The molecule has 8 nitrogen and oxygen atoms in total. The minimum absolute atomic E-state index is 0.0258. The summed E-state index contributed by atoms with van der Waals surface area (Å²) in [7, 11) is 2.66. The third kappa shape index (κ3) is 8.89. The molecule has 1 aromatic heterocycles. The summed E-state index contributed by atoms with van der Waals surface area (Å²) in [6.45, 7) is 13.0. The van der Waals surface area contributed by atoms with E-state index in [1.807, 2.05) is 57.2 Å². The number of amides is 1. The standard InChI is InChI=1S/C29H36N6O.C2H6.CH4O/c1-4-34-15-17-35(18-16-34)26-20-25(23-10-6-5-7-11-23)32-29(33-26)28(21(2)30)24-12-8-9-22(19-24)13-14-27(36)31-3;2*1-2/h5-12,19-20H,4,13-18,30H2,1-3H3,(H,31,36);1-2H3;2H,1H3/b28-21-;;. The van der Waals surface area contributed by atoms with E-state index in [4.69, 9.17) is 20.8 Å². The van der Waals surface area contributed by atoms with Crippen LogP contribution in [0.5, 0.6) is 0 Å². The van der Waals surface area contributed by atoms with Crippen LogP contribution in [0, 0.1) is 0 Å². The monoisotopic (exact) mass is 546 g/mol. The summed E-state index contributed by atoms with van der Waals surface area (Å²) in [6, 6.07) is 20.5. The zero-order valence-corrected chi connectivity index (χ0v) is 24.9. The zero-order valence-electron chi connectivity index (χ0n) is 24.9. The third-order valence-electron chi connectivity index (χ3n) is 6.68. The summed E-state index contributed by atoms with van der Waals surface area (Å²) in [5, 5.41) is 9.69. The molecule has 3 aromatic rings. The van der Waals surface area contributed by atoms with Gasteiger partial charge in [-0.05, 0) is 31.0 Å².